The molecule has 4 aromatic heterocycles. The molecule has 8 heteroatoms. The van der Waals surface area contributed by atoms with Crippen LogP contribution in [0.5, 0.6) is 0 Å². The highest BCUT2D eigenvalue weighted by atomic mass is 19.1. The number of nitrogens with zero attached hydrogens (tertiary/aromatic N) is 5. The number of carbonyl (C=O) groups excluding carboxylic acids is 1. The van der Waals surface area contributed by atoms with Crippen molar-refractivity contribution in [3.8, 4) is 22.4 Å². The van der Waals surface area contributed by atoms with E-state index in [4.69, 9.17) is 0 Å². The minimum absolute atomic E-state index is 0.0891. The van der Waals surface area contributed by atoms with Gasteiger partial charge >= 0.3 is 0 Å². The van der Waals surface area contributed by atoms with Crippen LogP contribution < -0.4 is 5.32 Å². The monoisotopic (exact) mass is 480 g/mol. The summed E-state index contributed by atoms with van der Waals surface area (Å²) in [4.78, 5) is 27.3. The first-order chi connectivity index (χ1) is 17.5. The van der Waals surface area contributed by atoms with E-state index in [-0.39, 0.29) is 12.3 Å². The van der Waals surface area contributed by atoms with Crippen LogP contribution >= 0.6 is 0 Å². The first-order valence-corrected chi connectivity index (χ1v) is 11.5. The van der Waals surface area contributed by atoms with Crippen LogP contribution in [-0.4, -0.2) is 44.3 Å². The van der Waals surface area contributed by atoms with Gasteiger partial charge in [-0.15, -0.1) is 0 Å². The van der Waals surface area contributed by atoms with E-state index < -0.39 is 5.82 Å². The molecule has 4 heterocycles. The van der Waals surface area contributed by atoms with Gasteiger partial charge in [0.2, 0.25) is 5.91 Å². The Bertz CT molecular complexity index is 1530. The molecule has 5 rings (SSSR count). The van der Waals surface area contributed by atoms with Gasteiger partial charge in [-0.2, -0.15) is 0 Å². The lowest BCUT2D eigenvalue weighted by Crippen LogP contribution is -2.17. The Morgan fingerprint density at radius 3 is 2.56 bits per heavy atom. The maximum atomic E-state index is 15.0. The van der Waals surface area contributed by atoms with Gasteiger partial charge in [0.15, 0.2) is 0 Å². The fourth-order valence-corrected chi connectivity index (χ4v) is 4.13. The second-order valence-electron chi connectivity index (χ2n) is 8.84. The molecule has 0 radical (unpaired) electrons. The summed E-state index contributed by atoms with van der Waals surface area (Å²) < 4.78 is 16.9. The van der Waals surface area contributed by atoms with Crippen molar-refractivity contribution < 1.29 is 9.18 Å². The van der Waals surface area contributed by atoms with Crippen LogP contribution in [0.4, 0.5) is 10.2 Å². The predicted octanol–water partition coefficient (Wildman–Crippen LogP) is 4.84. The molecule has 1 N–H and O–H groups in total. The Labute approximate surface area is 208 Å². The molecule has 0 fully saturated rings. The molecule has 0 saturated carbocycles. The first kappa shape index (κ1) is 23.3. The number of hydrogen-bond donors (Lipinski definition) is 1. The van der Waals surface area contributed by atoms with Crippen LogP contribution in [0, 0.1) is 5.82 Å². The number of benzene rings is 1. The Kier molecular flexibility index (Phi) is 6.51. The summed E-state index contributed by atoms with van der Waals surface area (Å²) in [6.45, 7) is 0.732. The third-order valence-electron chi connectivity index (χ3n) is 5.82. The van der Waals surface area contributed by atoms with Crippen molar-refractivity contribution in [3.63, 3.8) is 0 Å². The zero-order valence-corrected chi connectivity index (χ0v) is 20.0. The summed E-state index contributed by atoms with van der Waals surface area (Å²) in [6, 6.07) is 16.5. The lowest BCUT2D eigenvalue weighted by molar-refractivity contribution is -0.115. The van der Waals surface area contributed by atoms with Gasteiger partial charge in [-0.3, -0.25) is 14.2 Å². The number of rotatable bonds is 7. The molecule has 0 spiro atoms. The molecule has 0 saturated heterocycles. The van der Waals surface area contributed by atoms with Crippen molar-refractivity contribution in [2.24, 2.45) is 0 Å². The number of aromatic nitrogens is 4. The van der Waals surface area contributed by atoms with E-state index in [2.05, 4.69) is 20.3 Å². The van der Waals surface area contributed by atoms with Crippen LogP contribution in [0.25, 0.3) is 28.0 Å². The van der Waals surface area contributed by atoms with Crippen LogP contribution in [0.2, 0.25) is 0 Å². The lowest BCUT2D eigenvalue weighted by atomic mass is 10.1. The molecule has 0 aliphatic heterocycles. The summed E-state index contributed by atoms with van der Waals surface area (Å²) >= 11 is 0. The average molecular weight is 481 g/mol. The smallest absolute Gasteiger partial charge is 0.230 e. The molecule has 0 bridgehead atoms. The second-order valence-corrected chi connectivity index (χ2v) is 8.84. The van der Waals surface area contributed by atoms with Crippen molar-refractivity contribution in [3.05, 3.63) is 103 Å². The molecule has 0 unspecified atom stereocenters. The van der Waals surface area contributed by atoms with E-state index in [1.54, 1.807) is 30.9 Å². The number of imidazole rings is 1. The average Bonchev–Trinajstić information content (AvgIpc) is 3.29. The van der Waals surface area contributed by atoms with E-state index in [0.717, 1.165) is 34.6 Å². The third-order valence-corrected chi connectivity index (χ3v) is 5.82. The molecule has 7 nitrogen and oxygen atoms in total. The van der Waals surface area contributed by atoms with Gasteiger partial charge in [0.25, 0.3) is 0 Å². The van der Waals surface area contributed by atoms with Crippen LogP contribution in [0.1, 0.15) is 11.1 Å². The number of anilines is 1. The number of pyridine rings is 3. The molecular weight excluding hydrogens is 455 g/mol. The van der Waals surface area contributed by atoms with Crippen molar-refractivity contribution >= 4 is 17.4 Å². The Balaban J connectivity index is 1.32. The highest BCUT2D eigenvalue weighted by Crippen LogP contribution is 2.26. The SMILES string of the molecule is CN(C)Cc1ccnc(NC(=O)Cc2ccc(-c3cnc4cc(-c5ccncc5)ccn34)cc2F)c1. The quantitative estimate of drug-likeness (QED) is 0.361. The van der Waals surface area contributed by atoms with Crippen molar-refractivity contribution in [2.45, 2.75) is 13.0 Å². The van der Waals surface area contributed by atoms with E-state index >= 15 is 0 Å². The van der Waals surface area contributed by atoms with Gasteiger partial charge in [0.05, 0.1) is 18.3 Å². The predicted molar refractivity (Wildman–Crippen MR) is 138 cm³/mol. The lowest BCUT2D eigenvalue weighted by Gasteiger charge is -2.11. The summed E-state index contributed by atoms with van der Waals surface area (Å²) in [5.74, 6) is -0.317. The molecule has 180 valence electrons. The minimum Gasteiger partial charge on any atom is -0.310 e. The molecular formula is C28H25FN6O. The molecule has 0 aliphatic carbocycles. The summed E-state index contributed by atoms with van der Waals surface area (Å²) in [6.07, 6.45) is 8.71. The van der Waals surface area contributed by atoms with Gasteiger partial charge in [0, 0.05) is 36.9 Å². The van der Waals surface area contributed by atoms with Gasteiger partial charge < -0.3 is 10.2 Å². The Morgan fingerprint density at radius 1 is 0.944 bits per heavy atom. The summed E-state index contributed by atoms with van der Waals surface area (Å²) in [7, 11) is 3.94. The fraction of sp³-hybridized carbons (Fsp3) is 0.143. The topological polar surface area (TPSA) is 75.4 Å². The number of carbonyl (C=O) groups is 1. The second kappa shape index (κ2) is 10.1. The van der Waals surface area contributed by atoms with Gasteiger partial charge in [0.1, 0.15) is 17.3 Å². The largest absolute Gasteiger partial charge is 0.310 e. The normalized spacial score (nSPS) is 11.2. The zero-order valence-electron chi connectivity index (χ0n) is 20.0. The maximum absolute atomic E-state index is 15.0. The fourth-order valence-electron chi connectivity index (χ4n) is 4.13. The number of amides is 1. The Morgan fingerprint density at radius 2 is 1.78 bits per heavy atom. The third kappa shape index (κ3) is 5.13. The molecule has 0 atom stereocenters. The van der Waals surface area contributed by atoms with Gasteiger partial charge in [-0.25, -0.2) is 14.4 Å². The van der Waals surface area contributed by atoms with Gasteiger partial charge in [-0.1, -0.05) is 12.1 Å². The highest BCUT2D eigenvalue weighted by Gasteiger charge is 2.13. The van der Waals surface area contributed by atoms with Crippen LogP contribution in [-0.2, 0) is 17.8 Å². The number of halogens is 1. The molecule has 1 amide bonds. The van der Waals surface area contributed by atoms with Crippen LogP contribution in [0.15, 0.2) is 85.6 Å². The van der Waals surface area contributed by atoms with Gasteiger partial charge in [-0.05, 0) is 78.8 Å². The molecule has 5 aromatic rings. The van der Waals surface area contributed by atoms with E-state index in [0.29, 0.717) is 16.9 Å². The Hall–Kier alpha value is -4.43. The van der Waals surface area contributed by atoms with Crippen molar-refractivity contribution in [1.29, 1.82) is 0 Å². The number of nitrogens with one attached hydrogen (secondary N) is 1. The summed E-state index contributed by atoms with van der Waals surface area (Å²) in [5, 5.41) is 2.76. The van der Waals surface area contributed by atoms with Crippen molar-refractivity contribution in [1.82, 2.24) is 24.3 Å². The standard InChI is InChI=1S/C28H25FN6O/c1-34(2)18-19-5-11-31-26(13-19)33-28(36)16-22-3-4-23(14-24(22)29)25-17-32-27-15-21(8-12-35(25)27)20-6-9-30-10-7-20/h3-15,17H,16,18H2,1-2H3,(H,31,33,36). The summed E-state index contributed by atoms with van der Waals surface area (Å²) in [5.41, 5.74) is 5.62. The van der Waals surface area contributed by atoms with Crippen LogP contribution in [0.3, 0.4) is 0 Å². The number of fused-ring (bicyclic) bond motifs is 1. The first-order valence-electron chi connectivity index (χ1n) is 11.5. The maximum Gasteiger partial charge on any atom is 0.230 e. The van der Waals surface area contributed by atoms with E-state index in [1.807, 2.05) is 72.1 Å². The van der Waals surface area contributed by atoms with Crippen molar-refractivity contribution in [2.75, 3.05) is 19.4 Å². The zero-order chi connectivity index (χ0) is 25.1. The molecule has 1 aromatic carbocycles. The molecule has 0 aliphatic rings. The highest BCUT2D eigenvalue weighted by molar-refractivity contribution is 5.91. The van der Waals surface area contributed by atoms with E-state index in [9.17, 15) is 9.18 Å². The minimum atomic E-state index is -0.444. The number of hydrogen-bond acceptors (Lipinski definition) is 5. The van der Waals surface area contributed by atoms with E-state index in [1.165, 1.54) is 6.07 Å². The molecule has 36 heavy (non-hydrogen) atoms.